The second kappa shape index (κ2) is 6.87. The van der Waals surface area contributed by atoms with Crippen molar-refractivity contribution in [2.45, 2.75) is 0 Å². The van der Waals surface area contributed by atoms with Gasteiger partial charge < -0.3 is 24.8 Å². The van der Waals surface area contributed by atoms with E-state index in [-0.39, 0.29) is 6.03 Å². The highest BCUT2D eigenvalue weighted by Crippen LogP contribution is 2.28. The van der Waals surface area contributed by atoms with Crippen LogP contribution in [-0.2, 0) is 0 Å². The minimum absolute atomic E-state index is 0.182. The number of para-hydroxylation sites is 2. The van der Waals surface area contributed by atoms with Crippen molar-refractivity contribution < 1.29 is 9.53 Å². The van der Waals surface area contributed by atoms with Crippen LogP contribution in [0, 0.1) is 0 Å². The highest BCUT2D eigenvalue weighted by Gasteiger charge is 2.26. The summed E-state index contributed by atoms with van der Waals surface area (Å²) in [5.74, 6) is 0.893. The van der Waals surface area contributed by atoms with Crippen molar-refractivity contribution >= 4 is 11.7 Å². The monoisotopic (exact) mass is 304 g/mol. The van der Waals surface area contributed by atoms with Crippen molar-refractivity contribution in [1.29, 1.82) is 0 Å². The maximum atomic E-state index is 12.5. The Kier molecular flexibility index (Phi) is 4.68. The first kappa shape index (κ1) is 15.0. The lowest BCUT2D eigenvalue weighted by molar-refractivity contribution is 0.144. The molecule has 2 heterocycles. The molecule has 2 fully saturated rings. The molecular formula is C16H24N4O2. The number of hydrogen-bond donors (Lipinski definition) is 1. The highest BCUT2D eigenvalue weighted by atomic mass is 16.5. The fraction of sp³-hybridized carbons (Fsp3) is 0.562. The molecule has 2 aliphatic heterocycles. The summed E-state index contributed by atoms with van der Waals surface area (Å²) in [6.07, 6.45) is 0. The minimum atomic E-state index is 0.182. The van der Waals surface area contributed by atoms with Gasteiger partial charge in [0.05, 0.1) is 12.8 Å². The second-order valence-electron chi connectivity index (χ2n) is 5.67. The van der Waals surface area contributed by atoms with Crippen molar-refractivity contribution in [3.05, 3.63) is 24.3 Å². The van der Waals surface area contributed by atoms with Gasteiger partial charge in [-0.25, -0.2) is 4.79 Å². The number of anilines is 1. The zero-order valence-corrected chi connectivity index (χ0v) is 13.1. The number of urea groups is 1. The summed E-state index contributed by atoms with van der Waals surface area (Å²) in [5.41, 5.74) is 1.11. The van der Waals surface area contributed by atoms with Gasteiger partial charge in [-0.2, -0.15) is 0 Å². The first-order chi connectivity index (χ1) is 10.8. The molecule has 6 heteroatoms. The Hall–Kier alpha value is -1.95. The quantitative estimate of drug-likeness (QED) is 0.880. The number of rotatable bonds is 2. The van der Waals surface area contributed by atoms with E-state index in [4.69, 9.17) is 4.74 Å². The van der Waals surface area contributed by atoms with Gasteiger partial charge in [0.25, 0.3) is 0 Å². The van der Waals surface area contributed by atoms with Gasteiger partial charge in [-0.3, -0.25) is 0 Å². The lowest BCUT2D eigenvalue weighted by Crippen LogP contribution is -2.56. The number of benzene rings is 1. The maximum absolute atomic E-state index is 12.5. The summed E-state index contributed by atoms with van der Waals surface area (Å²) in [4.78, 5) is 18.7. The molecular weight excluding hydrogens is 280 g/mol. The molecule has 1 N–H and O–H groups in total. The van der Waals surface area contributed by atoms with Crippen LogP contribution in [0.1, 0.15) is 0 Å². The van der Waals surface area contributed by atoms with Crippen LogP contribution >= 0.6 is 0 Å². The third kappa shape index (κ3) is 3.11. The average molecular weight is 304 g/mol. The molecule has 1 aromatic rings. The fourth-order valence-corrected chi connectivity index (χ4v) is 3.09. The van der Waals surface area contributed by atoms with Crippen LogP contribution in [0.25, 0.3) is 0 Å². The summed E-state index contributed by atoms with van der Waals surface area (Å²) < 4.78 is 5.43. The van der Waals surface area contributed by atoms with Crippen molar-refractivity contribution in [2.24, 2.45) is 0 Å². The van der Waals surface area contributed by atoms with Gasteiger partial charge in [0.2, 0.25) is 0 Å². The Morgan fingerprint density at radius 1 is 1.00 bits per heavy atom. The number of nitrogens with zero attached hydrogens (tertiary/aromatic N) is 3. The molecule has 2 saturated heterocycles. The van der Waals surface area contributed by atoms with Gasteiger partial charge in [-0.05, 0) is 12.1 Å². The van der Waals surface area contributed by atoms with E-state index in [0.29, 0.717) is 0 Å². The summed E-state index contributed by atoms with van der Waals surface area (Å²) in [5, 5.41) is 3.28. The molecule has 22 heavy (non-hydrogen) atoms. The molecule has 0 radical (unpaired) electrons. The van der Waals surface area contributed by atoms with Crippen LogP contribution in [-0.4, -0.2) is 75.3 Å². The number of carbonyl (C=O) groups is 1. The first-order valence-electron chi connectivity index (χ1n) is 7.92. The zero-order chi connectivity index (χ0) is 15.4. The summed E-state index contributed by atoms with van der Waals surface area (Å²) in [6.45, 7) is 6.63. The Labute approximate surface area is 131 Å². The Morgan fingerprint density at radius 2 is 1.64 bits per heavy atom. The summed E-state index contributed by atoms with van der Waals surface area (Å²) >= 11 is 0. The second-order valence-corrected chi connectivity index (χ2v) is 5.67. The average Bonchev–Trinajstić information content (AvgIpc) is 2.62. The normalized spacial score (nSPS) is 19.2. The van der Waals surface area contributed by atoms with Gasteiger partial charge in [-0.1, -0.05) is 12.1 Å². The predicted octanol–water partition coefficient (Wildman–Crippen LogP) is 0.842. The first-order valence-corrected chi connectivity index (χ1v) is 7.92. The standard InChI is InChI=1S/C16H24N4O2/c1-22-15-5-3-2-4-14(15)18-10-12-20(13-11-18)16(21)19-8-6-17-7-9-19/h2-5,17H,6-13H2,1H3. The van der Waals surface area contributed by atoms with Crippen LogP contribution in [0.3, 0.4) is 0 Å². The molecule has 2 aliphatic rings. The number of nitrogens with one attached hydrogen (secondary N) is 1. The number of carbonyl (C=O) groups excluding carboxylic acids is 1. The Morgan fingerprint density at radius 3 is 2.32 bits per heavy atom. The topological polar surface area (TPSA) is 48.1 Å². The summed E-state index contributed by atoms with van der Waals surface area (Å²) in [6, 6.07) is 8.24. The van der Waals surface area contributed by atoms with Crippen LogP contribution in [0.5, 0.6) is 5.75 Å². The van der Waals surface area contributed by atoms with Crippen molar-refractivity contribution in [3.63, 3.8) is 0 Å². The Bertz CT molecular complexity index is 509. The number of methoxy groups -OCH3 is 1. The molecule has 0 aromatic heterocycles. The highest BCUT2D eigenvalue weighted by molar-refractivity contribution is 5.75. The van der Waals surface area contributed by atoms with E-state index < -0.39 is 0 Å². The number of amides is 2. The molecule has 0 unspecified atom stereocenters. The van der Waals surface area contributed by atoms with E-state index >= 15 is 0 Å². The van der Waals surface area contributed by atoms with E-state index in [1.807, 2.05) is 28.0 Å². The van der Waals surface area contributed by atoms with Crippen LogP contribution in [0.4, 0.5) is 10.5 Å². The van der Waals surface area contributed by atoms with Gasteiger partial charge in [0.1, 0.15) is 5.75 Å². The molecule has 120 valence electrons. The lowest BCUT2D eigenvalue weighted by Gasteiger charge is -2.39. The van der Waals surface area contributed by atoms with E-state index in [2.05, 4.69) is 16.3 Å². The number of piperazine rings is 2. The van der Waals surface area contributed by atoms with Crippen molar-refractivity contribution in [2.75, 3.05) is 64.4 Å². The molecule has 6 nitrogen and oxygen atoms in total. The van der Waals surface area contributed by atoms with E-state index in [1.165, 1.54) is 0 Å². The fourth-order valence-electron chi connectivity index (χ4n) is 3.09. The van der Waals surface area contributed by atoms with Gasteiger partial charge in [0.15, 0.2) is 0 Å². The zero-order valence-electron chi connectivity index (χ0n) is 13.1. The molecule has 0 saturated carbocycles. The third-order valence-corrected chi connectivity index (χ3v) is 4.36. The minimum Gasteiger partial charge on any atom is -0.495 e. The van der Waals surface area contributed by atoms with Crippen LogP contribution < -0.4 is 15.0 Å². The predicted molar refractivity (Wildman–Crippen MR) is 86.6 cm³/mol. The molecule has 0 aliphatic carbocycles. The van der Waals surface area contributed by atoms with Gasteiger partial charge in [0, 0.05) is 52.4 Å². The Balaban J connectivity index is 1.59. The molecule has 0 bridgehead atoms. The lowest BCUT2D eigenvalue weighted by atomic mass is 10.2. The number of ether oxygens (including phenoxy) is 1. The SMILES string of the molecule is COc1ccccc1N1CCN(C(=O)N2CCNCC2)CC1. The van der Waals surface area contributed by atoms with Crippen molar-refractivity contribution in [1.82, 2.24) is 15.1 Å². The van der Waals surface area contributed by atoms with E-state index in [1.54, 1.807) is 7.11 Å². The van der Waals surface area contributed by atoms with Crippen LogP contribution in [0.15, 0.2) is 24.3 Å². The molecule has 2 amide bonds. The number of hydrogen-bond acceptors (Lipinski definition) is 4. The van der Waals surface area contributed by atoms with Crippen LogP contribution in [0.2, 0.25) is 0 Å². The van der Waals surface area contributed by atoms with E-state index in [0.717, 1.165) is 63.8 Å². The van der Waals surface area contributed by atoms with Gasteiger partial charge >= 0.3 is 6.03 Å². The molecule has 1 aromatic carbocycles. The largest absolute Gasteiger partial charge is 0.495 e. The molecule has 0 spiro atoms. The third-order valence-electron chi connectivity index (χ3n) is 4.36. The van der Waals surface area contributed by atoms with Crippen molar-refractivity contribution in [3.8, 4) is 5.75 Å². The molecule has 0 atom stereocenters. The molecule has 3 rings (SSSR count). The summed E-state index contributed by atoms with van der Waals surface area (Å²) in [7, 11) is 1.70. The van der Waals surface area contributed by atoms with E-state index in [9.17, 15) is 4.79 Å². The smallest absolute Gasteiger partial charge is 0.320 e. The maximum Gasteiger partial charge on any atom is 0.320 e. The van der Waals surface area contributed by atoms with Gasteiger partial charge in [-0.15, -0.1) is 0 Å².